The molecule has 0 spiro atoms. The summed E-state index contributed by atoms with van der Waals surface area (Å²) in [5.41, 5.74) is -0.296. The standard InChI is InChI=1S/C14H12ClF3N2/c1-13(2,11-7-12(15)20-8-19-11)9-4-3-5-10(6-9)14(16,17)18/h3-8H,1-2H3. The highest BCUT2D eigenvalue weighted by atomic mass is 35.5. The third kappa shape index (κ3) is 2.93. The van der Waals surface area contributed by atoms with Gasteiger partial charge in [0, 0.05) is 5.41 Å². The molecule has 2 rings (SSSR count). The number of halogens is 4. The Bertz CT molecular complexity index is 624. The molecule has 0 unspecified atom stereocenters. The number of rotatable bonds is 2. The number of nitrogens with zero attached hydrogens (tertiary/aromatic N) is 2. The number of hydrogen-bond donors (Lipinski definition) is 0. The third-order valence-electron chi connectivity index (χ3n) is 3.19. The van der Waals surface area contributed by atoms with Crippen molar-refractivity contribution >= 4 is 11.6 Å². The molecule has 6 heteroatoms. The highest BCUT2D eigenvalue weighted by Gasteiger charge is 2.33. The van der Waals surface area contributed by atoms with Crippen molar-refractivity contribution in [1.82, 2.24) is 9.97 Å². The van der Waals surface area contributed by atoms with Crippen molar-refractivity contribution in [2.24, 2.45) is 0 Å². The van der Waals surface area contributed by atoms with E-state index in [1.807, 2.05) is 0 Å². The van der Waals surface area contributed by atoms with E-state index in [-0.39, 0.29) is 5.15 Å². The van der Waals surface area contributed by atoms with Gasteiger partial charge in [0.1, 0.15) is 11.5 Å². The van der Waals surface area contributed by atoms with E-state index in [1.165, 1.54) is 12.4 Å². The van der Waals surface area contributed by atoms with Crippen LogP contribution >= 0.6 is 11.6 Å². The second-order valence-corrected chi connectivity index (χ2v) is 5.32. The highest BCUT2D eigenvalue weighted by Crippen LogP contribution is 2.35. The van der Waals surface area contributed by atoms with Crippen LogP contribution in [0.4, 0.5) is 13.2 Å². The van der Waals surface area contributed by atoms with Crippen LogP contribution in [-0.4, -0.2) is 9.97 Å². The molecule has 20 heavy (non-hydrogen) atoms. The Labute approximate surface area is 119 Å². The third-order valence-corrected chi connectivity index (χ3v) is 3.39. The average Bonchev–Trinajstić information content (AvgIpc) is 2.38. The molecule has 0 atom stereocenters. The van der Waals surface area contributed by atoms with Gasteiger partial charge in [-0.2, -0.15) is 13.2 Å². The Morgan fingerprint density at radius 3 is 2.25 bits per heavy atom. The summed E-state index contributed by atoms with van der Waals surface area (Å²) in [5.74, 6) is 0. The number of benzene rings is 1. The maximum atomic E-state index is 12.8. The molecule has 0 saturated heterocycles. The summed E-state index contributed by atoms with van der Waals surface area (Å²) in [6.07, 6.45) is -3.07. The minimum atomic E-state index is -4.37. The number of aromatic nitrogens is 2. The smallest absolute Gasteiger partial charge is 0.240 e. The molecule has 0 aliphatic heterocycles. The van der Waals surface area contributed by atoms with E-state index in [0.717, 1.165) is 12.1 Å². The van der Waals surface area contributed by atoms with E-state index in [0.29, 0.717) is 11.3 Å². The summed E-state index contributed by atoms with van der Waals surface area (Å²) in [5, 5.41) is 0.259. The summed E-state index contributed by atoms with van der Waals surface area (Å²) < 4.78 is 38.3. The van der Waals surface area contributed by atoms with Crippen molar-refractivity contribution < 1.29 is 13.2 Å². The van der Waals surface area contributed by atoms with Gasteiger partial charge in [0.05, 0.1) is 11.3 Å². The Kier molecular flexibility index (Phi) is 3.73. The monoisotopic (exact) mass is 300 g/mol. The SMILES string of the molecule is CC(C)(c1cccc(C(F)(F)F)c1)c1cc(Cl)ncn1. The zero-order valence-electron chi connectivity index (χ0n) is 10.9. The van der Waals surface area contributed by atoms with Gasteiger partial charge in [0.25, 0.3) is 0 Å². The molecule has 106 valence electrons. The lowest BCUT2D eigenvalue weighted by atomic mass is 9.80. The van der Waals surface area contributed by atoms with Crippen LogP contribution in [0.15, 0.2) is 36.7 Å². The Hall–Kier alpha value is -1.62. The van der Waals surface area contributed by atoms with Gasteiger partial charge in [0.15, 0.2) is 0 Å². The van der Waals surface area contributed by atoms with Gasteiger partial charge in [-0.3, -0.25) is 0 Å². The van der Waals surface area contributed by atoms with Gasteiger partial charge in [-0.05, 0) is 17.7 Å². The van der Waals surface area contributed by atoms with Crippen molar-refractivity contribution in [2.75, 3.05) is 0 Å². The molecule has 2 nitrogen and oxygen atoms in total. The van der Waals surface area contributed by atoms with E-state index in [2.05, 4.69) is 9.97 Å². The van der Waals surface area contributed by atoms with E-state index in [9.17, 15) is 13.2 Å². The topological polar surface area (TPSA) is 25.8 Å². The van der Waals surface area contributed by atoms with Crippen LogP contribution in [0.2, 0.25) is 5.15 Å². The second kappa shape index (κ2) is 5.05. The molecule has 0 radical (unpaired) electrons. The van der Waals surface area contributed by atoms with Crippen LogP contribution in [-0.2, 0) is 11.6 Å². The van der Waals surface area contributed by atoms with E-state index in [4.69, 9.17) is 11.6 Å². The predicted molar refractivity (Wildman–Crippen MR) is 70.6 cm³/mol. The van der Waals surface area contributed by atoms with Crippen molar-refractivity contribution in [1.29, 1.82) is 0 Å². The van der Waals surface area contributed by atoms with Crippen LogP contribution in [0.25, 0.3) is 0 Å². The first-order chi connectivity index (χ1) is 9.21. The van der Waals surface area contributed by atoms with Gasteiger partial charge in [-0.25, -0.2) is 9.97 Å². The van der Waals surface area contributed by atoms with Crippen molar-refractivity contribution in [3.05, 3.63) is 58.6 Å². The second-order valence-electron chi connectivity index (χ2n) is 4.93. The molecule has 0 bridgehead atoms. The lowest BCUT2D eigenvalue weighted by Gasteiger charge is -2.25. The fourth-order valence-corrected chi connectivity index (χ4v) is 2.05. The lowest BCUT2D eigenvalue weighted by molar-refractivity contribution is -0.137. The van der Waals surface area contributed by atoms with Crippen LogP contribution in [0.1, 0.15) is 30.7 Å². The van der Waals surface area contributed by atoms with Gasteiger partial charge < -0.3 is 0 Å². The molecule has 0 aliphatic carbocycles. The van der Waals surface area contributed by atoms with Crippen LogP contribution in [0, 0.1) is 0 Å². The quantitative estimate of drug-likeness (QED) is 0.765. The first-order valence-electron chi connectivity index (χ1n) is 5.87. The predicted octanol–water partition coefficient (Wildman–Crippen LogP) is 4.47. The average molecular weight is 301 g/mol. The van der Waals surface area contributed by atoms with E-state index < -0.39 is 17.2 Å². The van der Waals surface area contributed by atoms with Crippen LogP contribution < -0.4 is 0 Å². The van der Waals surface area contributed by atoms with Crippen molar-refractivity contribution in [2.45, 2.75) is 25.4 Å². The molecule has 0 fully saturated rings. The maximum absolute atomic E-state index is 12.8. The summed E-state index contributed by atoms with van der Waals surface area (Å²) in [6, 6.07) is 6.78. The van der Waals surface area contributed by atoms with Gasteiger partial charge in [0.2, 0.25) is 0 Å². The zero-order chi connectivity index (χ0) is 15.0. The maximum Gasteiger partial charge on any atom is 0.416 e. The van der Waals surface area contributed by atoms with Gasteiger partial charge in [-0.1, -0.05) is 43.6 Å². The molecular formula is C14H12ClF3N2. The van der Waals surface area contributed by atoms with E-state index in [1.54, 1.807) is 26.0 Å². The minimum Gasteiger partial charge on any atom is -0.240 e. The van der Waals surface area contributed by atoms with Crippen LogP contribution in [0.5, 0.6) is 0 Å². The minimum absolute atomic E-state index is 0.259. The molecule has 0 amide bonds. The number of hydrogen-bond acceptors (Lipinski definition) is 2. The van der Waals surface area contributed by atoms with E-state index >= 15 is 0 Å². The normalized spacial score (nSPS) is 12.5. The Morgan fingerprint density at radius 2 is 1.65 bits per heavy atom. The molecule has 0 N–H and O–H groups in total. The molecule has 0 aliphatic rings. The summed E-state index contributed by atoms with van der Waals surface area (Å²) in [7, 11) is 0. The molecular weight excluding hydrogens is 289 g/mol. The largest absolute Gasteiger partial charge is 0.416 e. The molecule has 1 aromatic heterocycles. The first kappa shape index (κ1) is 14.8. The van der Waals surface area contributed by atoms with Gasteiger partial charge >= 0.3 is 6.18 Å². The zero-order valence-corrected chi connectivity index (χ0v) is 11.6. The molecule has 1 heterocycles. The lowest BCUT2D eigenvalue weighted by Crippen LogP contribution is -2.21. The van der Waals surface area contributed by atoms with Gasteiger partial charge in [-0.15, -0.1) is 0 Å². The fraction of sp³-hybridized carbons (Fsp3) is 0.286. The summed E-state index contributed by atoms with van der Waals surface area (Å²) >= 11 is 5.81. The molecule has 0 saturated carbocycles. The summed E-state index contributed by atoms with van der Waals surface area (Å²) in [6.45, 7) is 3.59. The van der Waals surface area contributed by atoms with Crippen molar-refractivity contribution in [3.63, 3.8) is 0 Å². The Balaban J connectivity index is 2.49. The van der Waals surface area contributed by atoms with Crippen molar-refractivity contribution in [3.8, 4) is 0 Å². The highest BCUT2D eigenvalue weighted by molar-refractivity contribution is 6.29. The Morgan fingerprint density at radius 1 is 1.00 bits per heavy atom. The first-order valence-corrected chi connectivity index (χ1v) is 6.25. The summed E-state index contributed by atoms with van der Waals surface area (Å²) in [4.78, 5) is 7.88. The fourth-order valence-electron chi connectivity index (χ4n) is 1.91. The van der Waals surface area contributed by atoms with Crippen LogP contribution in [0.3, 0.4) is 0 Å². The molecule has 2 aromatic rings. The number of alkyl halides is 3. The molecule has 1 aromatic carbocycles.